The van der Waals surface area contributed by atoms with Gasteiger partial charge in [0, 0.05) is 25.4 Å². The molecule has 2 fully saturated rings. The number of H-pyrrole nitrogens is 1. The first-order valence-corrected chi connectivity index (χ1v) is 10.0. The molecule has 2 saturated carbocycles. The first kappa shape index (κ1) is 18.9. The number of rotatable bonds is 6. The average molecular weight is 361 g/mol. The van der Waals surface area contributed by atoms with Crippen LogP contribution in [0.1, 0.15) is 70.0 Å². The summed E-state index contributed by atoms with van der Waals surface area (Å²) in [6, 6.07) is 0.231. The summed E-state index contributed by atoms with van der Waals surface area (Å²) in [5.41, 5.74) is 0. The molecule has 1 heterocycles. The maximum atomic E-state index is 12.6. The zero-order chi connectivity index (χ0) is 18.4. The summed E-state index contributed by atoms with van der Waals surface area (Å²) in [5.74, 6) is 1.69. The minimum atomic E-state index is 0.0504. The zero-order valence-electron chi connectivity index (χ0n) is 15.7. The lowest BCUT2D eigenvalue weighted by atomic mass is 9.84. The summed E-state index contributed by atoms with van der Waals surface area (Å²) in [5, 5.41) is 9.80. The minimum absolute atomic E-state index is 0.0504. The molecular weight excluding hydrogens is 330 g/mol. The fourth-order valence-electron chi connectivity index (χ4n) is 4.35. The number of aromatic nitrogens is 3. The van der Waals surface area contributed by atoms with Crippen molar-refractivity contribution in [2.24, 2.45) is 11.8 Å². The van der Waals surface area contributed by atoms with Gasteiger partial charge in [0.2, 0.25) is 11.8 Å². The van der Waals surface area contributed by atoms with Gasteiger partial charge in [-0.3, -0.25) is 14.7 Å². The van der Waals surface area contributed by atoms with Gasteiger partial charge in [0.1, 0.15) is 12.2 Å². The number of hydrogen-bond donors (Lipinski definition) is 2. The first-order chi connectivity index (χ1) is 12.6. The lowest BCUT2D eigenvalue weighted by Crippen LogP contribution is -2.41. The molecule has 2 amide bonds. The summed E-state index contributed by atoms with van der Waals surface area (Å²) in [6.07, 6.45) is 11.9. The Morgan fingerprint density at radius 2 is 1.88 bits per heavy atom. The molecule has 7 nitrogen and oxygen atoms in total. The maximum absolute atomic E-state index is 12.6. The quantitative estimate of drug-likeness (QED) is 0.814. The second-order valence-electron chi connectivity index (χ2n) is 7.95. The Kier molecular flexibility index (Phi) is 6.63. The molecule has 0 aliphatic heterocycles. The molecule has 3 rings (SSSR count). The van der Waals surface area contributed by atoms with Gasteiger partial charge in [-0.05, 0) is 44.4 Å². The Morgan fingerprint density at radius 1 is 1.15 bits per heavy atom. The fraction of sp³-hybridized carbons (Fsp3) is 0.789. The van der Waals surface area contributed by atoms with Crippen molar-refractivity contribution in [2.45, 2.75) is 76.8 Å². The van der Waals surface area contributed by atoms with E-state index in [-0.39, 0.29) is 23.8 Å². The van der Waals surface area contributed by atoms with Crippen molar-refractivity contribution in [2.75, 3.05) is 7.05 Å². The molecule has 0 spiro atoms. The Labute approximate surface area is 155 Å². The highest BCUT2D eigenvalue weighted by Gasteiger charge is 2.29. The number of hydrogen-bond acceptors (Lipinski definition) is 4. The molecule has 1 aromatic heterocycles. The van der Waals surface area contributed by atoms with Gasteiger partial charge in [0.15, 0.2) is 0 Å². The number of nitrogens with one attached hydrogen (secondary N) is 2. The minimum Gasteiger partial charge on any atom is -0.353 e. The molecule has 2 N–H and O–H groups in total. The molecule has 2 aliphatic rings. The Balaban J connectivity index is 1.37. The number of carbonyl (C=O) groups is 2. The molecule has 1 aromatic rings. The highest BCUT2D eigenvalue weighted by Crippen LogP contribution is 2.28. The van der Waals surface area contributed by atoms with Gasteiger partial charge in [-0.2, -0.15) is 5.10 Å². The number of aromatic amines is 1. The summed E-state index contributed by atoms with van der Waals surface area (Å²) in [4.78, 5) is 30.7. The number of carbonyl (C=O) groups excluding carboxylic acids is 2. The van der Waals surface area contributed by atoms with Gasteiger partial charge in [-0.15, -0.1) is 0 Å². The molecule has 0 aromatic carbocycles. The zero-order valence-corrected chi connectivity index (χ0v) is 15.7. The van der Waals surface area contributed by atoms with Gasteiger partial charge in [-0.25, -0.2) is 4.98 Å². The largest absolute Gasteiger partial charge is 0.353 e. The van der Waals surface area contributed by atoms with E-state index in [0.29, 0.717) is 24.7 Å². The van der Waals surface area contributed by atoms with Crippen LogP contribution in [0.5, 0.6) is 0 Å². The monoisotopic (exact) mass is 361 g/mol. The highest BCUT2D eigenvalue weighted by atomic mass is 16.2. The van der Waals surface area contributed by atoms with Gasteiger partial charge < -0.3 is 10.2 Å². The molecule has 7 heteroatoms. The summed E-state index contributed by atoms with van der Waals surface area (Å²) >= 11 is 0. The highest BCUT2D eigenvalue weighted by molar-refractivity contribution is 5.79. The van der Waals surface area contributed by atoms with Crippen molar-refractivity contribution in [3.63, 3.8) is 0 Å². The third kappa shape index (κ3) is 5.29. The summed E-state index contributed by atoms with van der Waals surface area (Å²) in [7, 11) is 1.81. The molecular formula is C19H31N5O2. The Hall–Kier alpha value is -1.92. The van der Waals surface area contributed by atoms with Gasteiger partial charge in [0.25, 0.3) is 0 Å². The van der Waals surface area contributed by atoms with Gasteiger partial charge in [0.05, 0.1) is 6.54 Å². The van der Waals surface area contributed by atoms with Gasteiger partial charge >= 0.3 is 0 Å². The Bertz CT molecular complexity index is 575. The van der Waals surface area contributed by atoms with E-state index in [1.54, 1.807) is 4.90 Å². The normalized spacial score (nSPS) is 24.2. The van der Waals surface area contributed by atoms with Crippen LogP contribution in [0.4, 0.5) is 0 Å². The van der Waals surface area contributed by atoms with E-state index in [1.807, 2.05) is 7.05 Å². The Morgan fingerprint density at radius 3 is 2.54 bits per heavy atom. The van der Waals surface area contributed by atoms with Crippen LogP contribution in [0.25, 0.3) is 0 Å². The van der Waals surface area contributed by atoms with Crippen LogP contribution in [0.15, 0.2) is 6.33 Å². The van der Waals surface area contributed by atoms with Crippen molar-refractivity contribution < 1.29 is 9.59 Å². The second-order valence-corrected chi connectivity index (χ2v) is 7.95. The van der Waals surface area contributed by atoms with E-state index >= 15 is 0 Å². The number of amides is 2. The van der Waals surface area contributed by atoms with Crippen LogP contribution < -0.4 is 5.32 Å². The van der Waals surface area contributed by atoms with Crippen molar-refractivity contribution in [1.29, 1.82) is 0 Å². The summed E-state index contributed by atoms with van der Waals surface area (Å²) in [6.45, 7) is 0.455. The fourth-order valence-corrected chi connectivity index (χ4v) is 4.35. The molecule has 0 atom stereocenters. The van der Waals surface area contributed by atoms with Crippen molar-refractivity contribution >= 4 is 11.8 Å². The molecule has 26 heavy (non-hydrogen) atoms. The average Bonchev–Trinajstić information content (AvgIpc) is 3.15. The topological polar surface area (TPSA) is 91.0 Å². The van der Waals surface area contributed by atoms with Crippen molar-refractivity contribution in [3.05, 3.63) is 12.2 Å². The third-order valence-corrected chi connectivity index (χ3v) is 5.87. The van der Waals surface area contributed by atoms with E-state index in [9.17, 15) is 9.59 Å². The van der Waals surface area contributed by atoms with Crippen molar-refractivity contribution in [3.8, 4) is 0 Å². The standard InChI is InChI=1S/C19H31N5O2/c1-24(12-17-20-13-21-23-17)19(26)15-7-9-16(10-8-15)22-18(25)11-14-5-3-2-4-6-14/h13-16H,2-12H2,1H3,(H,22,25)(H,20,21,23). The predicted octanol–water partition coefficient (Wildman–Crippen LogP) is 2.41. The molecule has 0 saturated heterocycles. The van der Waals surface area contributed by atoms with Crippen LogP contribution in [-0.2, 0) is 16.1 Å². The van der Waals surface area contributed by atoms with E-state index < -0.39 is 0 Å². The van der Waals surface area contributed by atoms with E-state index in [2.05, 4.69) is 20.5 Å². The van der Waals surface area contributed by atoms with Crippen LogP contribution in [-0.4, -0.2) is 45.0 Å². The molecule has 144 valence electrons. The smallest absolute Gasteiger partial charge is 0.225 e. The lowest BCUT2D eigenvalue weighted by molar-refractivity contribution is -0.136. The van der Waals surface area contributed by atoms with Crippen LogP contribution >= 0.6 is 0 Å². The number of nitrogens with zero attached hydrogens (tertiary/aromatic N) is 3. The van der Waals surface area contributed by atoms with Crippen molar-refractivity contribution in [1.82, 2.24) is 25.4 Å². The molecule has 2 aliphatic carbocycles. The van der Waals surface area contributed by atoms with Gasteiger partial charge in [-0.1, -0.05) is 19.3 Å². The summed E-state index contributed by atoms with van der Waals surface area (Å²) < 4.78 is 0. The van der Waals surface area contributed by atoms with Crippen LogP contribution in [0.3, 0.4) is 0 Å². The predicted molar refractivity (Wildman–Crippen MR) is 97.9 cm³/mol. The van der Waals surface area contributed by atoms with E-state index in [1.165, 1.54) is 38.4 Å². The lowest BCUT2D eigenvalue weighted by Gasteiger charge is -2.31. The molecule has 0 bridgehead atoms. The third-order valence-electron chi connectivity index (χ3n) is 5.87. The molecule has 0 radical (unpaired) electrons. The SMILES string of the molecule is CN(Cc1ncn[nH]1)C(=O)C1CCC(NC(=O)CC2CCCCC2)CC1. The van der Waals surface area contributed by atoms with Crippen LogP contribution in [0, 0.1) is 11.8 Å². The second kappa shape index (κ2) is 9.14. The van der Waals surface area contributed by atoms with E-state index in [4.69, 9.17) is 0 Å². The van der Waals surface area contributed by atoms with E-state index in [0.717, 1.165) is 25.7 Å². The maximum Gasteiger partial charge on any atom is 0.225 e. The van der Waals surface area contributed by atoms with Crippen LogP contribution in [0.2, 0.25) is 0 Å². The first-order valence-electron chi connectivity index (χ1n) is 10.0. The molecule has 0 unspecified atom stereocenters.